The van der Waals surface area contributed by atoms with E-state index in [-0.39, 0.29) is 18.5 Å². The van der Waals surface area contributed by atoms with E-state index < -0.39 is 17.9 Å². The third-order valence-corrected chi connectivity index (χ3v) is 4.86. The highest BCUT2D eigenvalue weighted by molar-refractivity contribution is 6.35. The number of hydrogen-bond donors (Lipinski definition) is 2. The summed E-state index contributed by atoms with van der Waals surface area (Å²) in [5, 5.41) is 5.17. The van der Waals surface area contributed by atoms with Crippen LogP contribution in [0.3, 0.4) is 0 Å². The number of anilines is 1. The molecule has 2 aromatic carbocycles. The Morgan fingerprint density at radius 1 is 1.07 bits per heavy atom. The Balaban J connectivity index is 1.61. The van der Waals surface area contributed by atoms with Crippen LogP contribution in [0.5, 0.6) is 5.75 Å². The summed E-state index contributed by atoms with van der Waals surface area (Å²) >= 11 is 0. The van der Waals surface area contributed by atoms with E-state index >= 15 is 0 Å². The van der Waals surface area contributed by atoms with Gasteiger partial charge < -0.3 is 20.3 Å². The molecule has 0 aliphatic carbocycles. The lowest BCUT2D eigenvalue weighted by molar-refractivity contribution is -0.140. The molecule has 2 N–H and O–H groups in total. The van der Waals surface area contributed by atoms with Crippen LogP contribution in [0.1, 0.15) is 31.0 Å². The van der Waals surface area contributed by atoms with Crippen LogP contribution in [0.25, 0.3) is 0 Å². The molecule has 7 heteroatoms. The maximum Gasteiger partial charge on any atom is 0.310 e. The molecule has 3 rings (SSSR count). The molecule has 0 spiro atoms. The number of hydrogen-bond acceptors (Lipinski definition) is 4. The molecule has 0 saturated heterocycles. The smallest absolute Gasteiger partial charge is 0.310 e. The first kappa shape index (κ1) is 20.4. The zero-order valence-corrected chi connectivity index (χ0v) is 16.8. The summed E-state index contributed by atoms with van der Waals surface area (Å²) in [5.74, 6) is -1.11. The van der Waals surface area contributed by atoms with Crippen molar-refractivity contribution in [3.8, 4) is 5.75 Å². The molecule has 1 heterocycles. The summed E-state index contributed by atoms with van der Waals surface area (Å²) in [4.78, 5) is 39.0. The van der Waals surface area contributed by atoms with Crippen LogP contribution in [-0.4, -0.2) is 37.4 Å². The molecule has 29 heavy (non-hydrogen) atoms. The molecule has 1 atom stereocenters. The summed E-state index contributed by atoms with van der Waals surface area (Å²) in [6, 6.07) is 13.9. The predicted octanol–water partition coefficient (Wildman–Crippen LogP) is 1.97. The third-order valence-electron chi connectivity index (χ3n) is 4.86. The lowest BCUT2D eigenvalue weighted by atomic mass is 10.1. The third kappa shape index (κ3) is 4.23. The summed E-state index contributed by atoms with van der Waals surface area (Å²) < 4.78 is 5.28. The Kier molecular flexibility index (Phi) is 6.16. The van der Waals surface area contributed by atoms with Gasteiger partial charge in [-0.3, -0.25) is 14.4 Å². The van der Waals surface area contributed by atoms with Crippen LogP contribution in [0.15, 0.2) is 48.5 Å². The van der Waals surface area contributed by atoms with Gasteiger partial charge in [-0.25, -0.2) is 0 Å². The van der Waals surface area contributed by atoms with Crippen LogP contribution < -0.4 is 20.3 Å². The lowest BCUT2D eigenvalue weighted by Gasteiger charge is -2.22. The number of methoxy groups -OCH3 is 1. The summed E-state index contributed by atoms with van der Waals surface area (Å²) in [6.07, 6.45) is 0.523. The van der Waals surface area contributed by atoms with Gasteiger partial charge in [-0.15, -0.1) is 0 Å². The average molecular weight is 395 g/mol. The molecule has 152 valence electrons. The minimum atomic E-state index is -0.860. The quantitative estimate of drug-likeness (QED) is 0.732. The molecule has 0 bridgehead atoms. The first-order chi connectivity index (χ1) is 13.9. The molecule has 0 unspecified atom stereocenters. The monoisotopic (exact) mass is 395 g/mol. The van der Waals surface area contributed by atoms with E-state index in [1.165, 1.54) is 0 Å². The van der Waals surface area contributed by atoms with E-state index in [4.69, 9.17) is 4.74 Å². The molecule has 1 aliphatic heterocycles. The highest BCUT2D eigenvalue weighted by atomic mass is 16.5. The summed E-state index contributed by atoms with van der Waals surface area (Å²) in [7, 11) is 1.59. The van der Waals surface area contributed by atoms with Gasteiger partial charge in [0, 0.05) is 23.8 Å². The summed E-state index contributed by atoms with van der Waals surface area (Å²) in [5.41, 5.74) is 2.39. The van der Waals surface area contributed by atoms with Crippen LogP contribution >= 0.6 is 0 Å². The van der Waals surface area contributed by atoms with E-state index in [1.807, 2.05) is 56.3 Å². The first-order valence-corrected chi connectivity index (χ1v) is 9.56. The maximum absolute atomic E-state index is 12.8. The number of benzene rings is 2. The second-order valence-corrected chi connectivity index (χ2v) is 7.09. The van der Waals surface area contributed by atoms with Gasteiger partial charge in [0.15, 0.2) is 0 Å². The Morgan fingerprint density at radius 2 is 1.76 bits per heavy atom. The van der Waals surface area contributed by atoms with Gasteiger partial charge in [0.05, 0.1) is 7.11 Å². The molecule has 1 aliphatic rings. The number of carbonyl (C=O) groups excluding carboxylic acids is 3. The molecule has 0 radical (unpaired) electrons. The Hall–Kier alpha value is -3.35. The lowest BCUT2D eigenvalue weighted by Crippen LogP contribution is -2.45. The zero-order valence-electron chi connectivity index (χ0n) is 16.8. The average Bonchev–Trinajstić information content (AvgIpc) is 3.00. The van der Waals surface area contributed by atoms with Crippen LogP contribution in [-0.2, 0) is 20.8 Å². The van der Waals surface area contributed by atoms with Crippen molar-refractivity contribution in [2.24, 2.45) is 0 Å². The van der Waals surface area contributed by atoms with Crippen molar-refractivity contribution in [2.45, 2.75) is 32.4 Å². The number of para-hydroxylation sites is 2. The topological polar surface area (TPSA) is 87.7 Å². The number of nitrogens with one attached hydrogen (secondary N) is 2. The second-order valence-electron chi connectivity index (χ2n) is 7.09. The molecule has 2 aromatic rings. The maximum atomic E-state index is 12.8. The number of nitrogens with zero attached hydrogens (tertiary/aromatic N) is 1. The van der Waals surface area contributed by atoms with Gasteiger partial charge in [0.25, 0.3) is 5.91 Å². The van der Waals surface area contributed by atoms with Gasteiger partial charge in [0.2, 0.25) is 0 Å². The number of amides is 3. The second kappa shape index (κ2) is 8.77. The fraction of sp³-hybridized carbons (Fsp3) is 0.318. The Labute approximate surface area is 170 Å². The van der Waals surface area contributed by atoms with Crippen molar-refractivity contribution < 1.29 is 19.1 Å². The molecule has 0 aromatic heterocycles. The van der Waals surface area contributed by atoms with Crippen LogP contribution in [0.2, 0.25) is 0 Å². The molecule has 0 saturated carbocycles. The van der Waals surface area contributed by atoms with Crippen molar-refractivity contribution >= 4 is 23.4 Å². The van der Waals surface area contributed by atoms with Gasteiger partial charge in [-0.2, -0.15) is 0 Å². The standard InChI is InChI=1S/C22H25N3O4/c1-14(2)25-17-10-6-5-9-16(17)19(22(25)28)24-21(27)20(26)23-13-12-15-8-4-7-11-18(15)29-3/h4-11,14,19H,12-13H2,1-3H3,(H,23,26)(H,24,27)/t19-/m0/s1. The normalized spacial score (nSPS) is 15.2. The van der Waals surface area contributed by atoms with E-state index in [0.29, 0.717) is 12.0 Å². The SMILES string of the molecule is COc1ccccc1CCNC(=O)C(=O)N[C@@H]1C(=O)N(C(C)C)c2ccccc21. The Bertz CT molecular complexity index is 926. The molecule has 7 nitrogen and oxygen atoms in total. The molecule has 3 amide bonds. The van der Waals surface area contributed by atoms with Crippen molar-refractivity contribution in [2.75, 3.05) is 18.6 Å². The number of fused-ring (bicyclic) bond motifs is 1. The van der Waals surface area contributed by atoms with E-state index in [1.54, 1.807) is 18.1 Å². The van der Waals surface area contributed by atoms with Crippen LogP contribution in [0.4, 0.5) is 5.69 Å². The van der Waals surface area contributed by atoms with Crippen molar-refractivity contribution in [3.05, 3.63) is 59.7 Å². The van der Waals surface area contributed by atoms with Gasteiger partial charge in [-0.1, -0.05) is 36.4 Å². The van der Waals surface area contributed by atoms with Crippen molar-refractivity contribution in [3.63, 3.8) is 0 Å². The van der Waals surface area contributed by atoms with E-state index in [9.17, 15) is 14.4 Å². The van der Waals surface area contributed by atoms with Crippen molar-refractivity contribution in [1.29, 1.82) is 0 Å². The zero-order chi connectivity index (χ0) is 21.0. The van der Waals surface area contributed by atoms with Crippen LogP contribution in [0, 0.1) is 0 Å². The molecule has 0 fully saturated rings. The Morgan fingerprint density at radius 3 is 2.48 bits per heavy atom. The summed E-state index contributed by atoms with van der Waals surface area (Å²) in [6.45, 7) is 4.09. The fourth-order valence-corrected chi connectivity index (χ4v) is 3.51. The van der Waals surface area contributed by atoms with Crippen molar-refractivity contribution in [1.82, 2.24) is 10.6 Å². The number of ether oxygens (including phenoxy) is 1. The number of carbonyl (C=O) groups is 3. The van der Waals surface area contributed by atoms with Gasteiger partial charge in [-0.05, 0) is 38.0 Å². The van der Waals surface area contributed by atoms with Gasteiger partial charge >= 0.3 is 11.8 Å². The van der Waals surface area contributed by atoms with Gasteiger partial charge in [0.1, 0.15) is 11.8 Å². The molecular weight excluding hydrogens is 370 g/mol. The highest BCUT2D eigenvalue weighted by Gasteiger charge is 2.39. The first-order valence-electron chi connectivity index (χ1n) is 9.56. The highest BCUT2D eigenvalue weighted by Crippen LogP contribution is 2.36. The number of rotatable bonds is 6. The minimum absolute atomic E-state index is 0.0553. The van der Waals surface area contributed by atoms with E-state index in [2.05, 4.69) is 10.6 Å². The predicted molar refractivity (Wildman–Crippen MR) is 110 cm³/mol. The minimum Gasteiger partial charge on any atom is -0.496 e. The fourth-order valence-electron chi connectivity index (χ4n) is 3.51. The largest absolute Gasteiger partial charge is 0.496 e. The van der Waals surface area contributed by atoms with E-state index in [0.717, 1.165) is 17.0 Å². The molecular formula is C22H25N3O4.